The lowest BCUT2D eigenvalue weighted by molar-refractivity contribution is -0.0584. The van der Waals surface area contributed by atoms with E-state index >= 15 is 0 Å². The van der Waals surface area contributed by atoms with Gasteiger partial charge >= 0.3 is 18.2 Å². The van der Waals surface area contributed by atoms with E-state index in [1.54, 1.807) is 46.4 Å². The Kier molecular flexibility index (Phi) is 7.31. The second kappa shape index (κ2) is 9.70. The second-order valence-corrected chi connectivity index (χ2v) is 11.1. The van der Waals surface area contributed by atoms with E-state index in [-0.39, 0.29) is 24.6 Å². The van der Waals surface area contributed by atoms with E-state index in [0.717, 1.165) is 5.06 Å². The third kappa shape index (κ3) is 6.76. The summed E-state index contributed by atoms with van der Waals surface area (Å²) >= 11 is 1.29. The molecule has 0 aromatic carbocycles. The van der Waals surface area contributed by atoms with E-state index in [1.165, 1.54) is 11.3 Å². The van der Waals surface area contributed by atoms with Gasteiger partial charge in [-0.1, -0.05) is 11.3 Å². The molecule has 2 bridgehead atoms. The number of hydroxylamine groups is 2. The summed E-state index contributed by atoms with van der Waals surface area (Å²) < 4.78 is 10.4. The van der Waals surface area contributed by atoms with Gasteiger partial charge in [-0.2, -0.15) is 0 Å². The minimum atomic E-state index is -0.887. The predicted molar refractivity (Wildman–Crippen MR) is 121 cm³/mol. The van der Waals surface area contributed by atoms with Gasteiger partial charge in [0.2, 0.25) is 5.96 Å². The van der Waals surface area contributed by atoms with Crippen molar-refractivity contribution in [3.8, 4) is 0 Å². The molecule has 2 fully saturated rings. The van der Waals surface area contributed by atoms with Gasteiger partial charge in [0, 0.05) is 6.54 Å². The highest BCUT2D eigenvalue weighted by atomic mass is 32.1. The zero-order valence-electron chi connectivity index (χ0n) is 20.1. The van der Waals surface area contributed by atoms with Crippen LogP contribution in [0.15, 0.2) is 4.99 Å². The van der Waals surface area contributed by atoms with Crippen LogP contribution < -0.4 is 10.6 Å². The minimum absolute atomic E-state index is 0.102. The number of ether oxygens (including phenoxy) is 2. The number of piperidine rings is 1. The van der Waals surface area contributed by atoms with E-state index in [2.05, 4.69) is 25.8 Å². The summed E-state index contributed by atoms with van der Waals surface area (Å²) in [5.41, 5.74) is -1.51. The Morgan fingerprint density at radius 2 is 1.82 bits per heavy atom. The number of alkyl carbamates (subject to hydrolysis) is 1. The number of fused-ring (bicyclic) bond motifs is 2. The molecule has 3 heterocycles. The number of rotatable bonds is 3. The van der Waals surface area contributed by atoms with E-state index in [4.69, 9.17) is 9.47 Å². The van der Waals surface area contributed by atoms with Crippen LogP contribution in [0, 0.1) is 0 Å². The summed E-state index contributed by atoms with van der Waals surface area (Å²) in [5, 5.41) is 25.5. The van der Waals surface area contributed by atoms with Crippen LogP contribution in [0.25, 0.3) is 0 Å². The van der Waals surface area contributed by atoms with Crippen molar-refractivity contribution in [2.24, 2.45) is 4.99 Å². The number of aliphatic imine (C=N–C) groups is 1. The molecule has 13 nitrogen and oxygen atoms in total. The molecule has 3 N–H and O–H groups in total. The molecular weight excluding hydrogens is 466 g/mol. The van der Waals surface area contributed by atoms with Crippen molar-refractivity contribution in [2.45, 2.75) is 84.2 Å². The molecule has 0 radical (unpaired) electrons. The molecule has 34 heavy (non-hydrogen) atoms. The largest absolute Gasteiger partial charge is 0.444 e. The Morgan fingerprint density at radius 1 is 1.15 bits per heavy atom. The van der Waals surface area contributed by atoms with Gasteiger partial charge in [0.1, 0.15) is 21.2 Å². The highest BCUT2D eigenvalue weighted by molar-refractivity contribution is 7.11. The third-order valence-corrected chi connectivity index (χ3v) is 5.76. The number of carbonyl (C=O) groups is 3. The Morgan fingerprint density at radius 3 is 2.47 bits per heavy atom. The highest BCUT2D eigenvalue weighted by Gasteiger charge is 2.45. The smallest absolute Gasteiger partial charge is 0.437 e. The van der Waals surface area contributed by atoms with Crippen molar-refractivity contribution < 1.29 is 29.1 Å². The molecule has 0 aliphatic carbocycles. The van der Waals surface area contributed by atoms with Crippen LogP contribution in [-0.2, 0) is 16.0 Å². The summed E-state index contributed by atoms with van der Waals surface area (Å²) in [6.45, 7) is 10.8. The maximum atomic E-state index is 12.2. The Balaban J connectivity index is 1.67. The van der Waals surface area contributed by atoms with E-state index < -0.39 is 29.4 Å². The number of carbonyl (C=O) groups excluding carboxylic acids is 3. The lowest BCUT2D eigenvalue weighted by Crippen LogP contribution is -2.44. The van der Waals surface area contributed by atoms with Crippen LogP contribution in [0.2, 0.25) is 0 Å². The summed E-state index contributed by atoms with van der Waals surface area (Å²) in [7, 11) is 0. The van der Waals surface area contributed by atoms with E-state index in [9.17, 15) is 19.6 Å². The van der Waals surface area contributed by atoms with Crippen LogP contribution >= 0.6 is 11.3 Å². The standard InChI is InChI=1S/C20H31N7O6S/c1-19(2,3)32-16(28)22-15(23-17(29)33-20(4,5)6)21-9-13-24-25-14(34-13)12-8-7-11-10-26(12)18(30)27(11)31/h11-12,31H,7-10H2,1-6H3,(H2,21,22,23,28,29)/t11-,12-/m0/s1. The molecule has 1 aromatic heterocycles. The first-order chi connectivity index (χ1) is 15.7. The molecule has 14 heteroatoms. The average molecular weight is 498 g/mol. The zero-order valence-corrected chi connectivity index (χ0v) is 20.9. The molecule has 0 spiro atoms. The fraction of sp³-hybridized carbons (Fsp3) is 0.700. The van der Waals surface area contributed by atoms with Crippen LogP contribution in [0.4, 0.5) is 14.4 Å². The van der Waals surface area contributed by atoms with Crippen LogP contribution in [-0.4, -0.2) is 73.3 Å². The second-order valence-electron chi connectivity index (χ2n) is 9.98. The van der Waals surface area contributed by atoms with Gasteiger partial charge in [-0.25, -0.2) is 19.4 Å². The molecule has 2 aliphatic heterocycles. The molecule has 2 atom stereocenters. The van der Waals surface area contributed by atoms with Gasteiger partial charge in [0.15, 0.2) is 0 Å². The zero-order chi connectivity index (χ0) is 25.3. The molecule has 0 saturated carbocycles. The number of nitrogens with one attached hydrogen (secondary N) is 2. The fourth-order valence-electron chi connectivity index (χ4n) is 3.43. The molecule has 2 saturated heterocycles. The van der Waals surface area contributed by atoms with Gasteiger partial charge < -0.3 is 19.7 Å². The topological polar surface area (TPSA) is 159 Å². The summed E-state index contributed by atoms with van der Waals surface area (Å²) in [4.78, 5) is 42.0. The maximum absolute atomic E-state index is 12.2. The van der Waals surface area contributed by atoms with Gasteiger partial charge in [-0.15, -0.1) is 15.2 Å². The van der Waals surface area contributed by atoms with Crippen LogP contribution in [0.1, 0.15) is 70.4 Å². The molecule has 188 valence electrons. The monoisotopic (exact) mass is 497 g/mol. The highest BCUT2D eigenvalue weighted by Crippen LogP contribution is 2.38. The molecule has 3 rings (SSSR count). The molecule has 2 aliphatic rings. The SMILES string of the molecule is CC(C)(C)OC(=O)/N=C(\NCc1nnc([C@@H]2CC[C@H]3CN2C(=O)N3O)s1)NC(=O)OC(C)(C)C. The number of hydrogen-bond donors (Lipinski definition) is 3. The van der Waals surface area contributed by atoms with Gasteiger partial charge in [-0.3, -0.25) is 10.5 Å². The number of guanidine groups is 1. The van der Waals surface area contributed by atoms with Gasteiger partial charge in [-0.05, 0) is 54.4 Å². The number of nitrogens with zero attached hydrogens (tertiary/aromatic N) is 5. The molecular formula is C20H31N7O6S. The first kappa shape index (κ1) is 25.6. The summed E-state index contributed by atoms with van der Waals surface area (Å²) in [6, 6.07) is -0.888. The lowest BCUT2D eigenvalue weighted by atomic mass is 10.0. The molecule has 4 amide bonds. The quantitative estimate of drug-likeness (QED) is 0.324. The van der Waals surface area contributed by atoms with Gasteiger partial charge in [0.25, 0.3) is 0 Å². The number of hydrogen-bond acceptors (Lipinski definition) is 9. The number of aromatic nitrogens is 2. The first-order valence-electron chi connectivity index (χ1n) is 10.9. The van der Waals surface area contributed by atoms with Crippen molar-refractivity contribution in [1.29, 1.82) is 0 Å². The molecule has 1 aromatic rings. The van der Waals surface area contributed by atoms with Crippen molar-refractivity contribution in [3.05, 3.63) is 10.0 Å². The normalized spacial score (nSPS) is 20.9. The first-order valence-corrected chi connectivity index (χ1v) is 11.7. The molecule has 0 unspecified atom stereocenters. The number of urea groups is 1. The number of amides is 4. The average Bonchev–Trinajstić information content (AvgIpc) is 3.23. The van der Waals surface area contributed by atoms with Crippen molar-refractivity contribution in [1.82, 2.24) is 30.8 Å². The van der Waals surface area contributed by atoms with Gasteiger partial charge in [0.05, 0.1) is 18.6 Å². The summed E-state index contributed by atoms with van der Waals surface area (Å²) in [6.07, 6.45) is -0.343. The third-order valence-electron chi connectivity index (χ3n) is 4.74. The van der Waals surface area contributed by atoms with E-state index in [0.29, 0.717) is 29.4 Å². The fourth-order valence-corrected chi connectivity index (χ4v) is 4.36. The Hall–Kier alpha value is -3.00. The lowest BCUT2D eigenvalue weighted by Gasteiger charge is -2.28. The van der Waals surface area contributed by atoms with Crippen molar-refractivity contribution >= 4 is 35.5 Å². The summed E-state index contributed by atoms with van der Waals surface area (Å²) in [5.74, 6) is -0.161. The maximum Gasteiger partial charge on any atom is 0.437 e. The van der Waals surface area contributed by atoms with Crippen molar-refractivity contribution in [3.63, 3.8) is 0 Å². The Labute approximate surface area is 201 Å². The van der Waals surface area contributed by atoms with E-state index in [1.807, 2.05) is 0 Å². The Bertz CT molecular complexity index is 967. The minimum Gasteiger partial charge on any atom is -0.444 e. The predicted octanol–water partition coefficient (Wildman–Crippen LogP) is 2.77. The van der Waals surface area contributed by atoms with Crippen LogP contribution in [0.3, 0.4) is 0 Å². The van der Waals surface area contributed by atoms with Crippen LogP contribution in [0.5, 0.6) is 0 Å². The van der Waals surface area contributed by atoms with Crippen molar-refractivity contribution in [2.75, 3.05) is 6.54 Å².